The Labute approximate surface area is 95.9 Å². The summed E-state index contributed by atoms with van der Waals surface area (Å²) in [5, 5.41) is 3.87. The molecule has 0 amide bonds. The number of nitrogens with one attached hydrogen (secondary N) is 1. The highest BCUT2D eigenvalue weighted by Crippen LogP contribution is 2.22. The first kappa shape index (κ1) is 12.1. The van der Waals surface area contributed by atoms with Crippen LogP contribution in [0.25, 0.3) is 0 Å². The fourth-order valence-electron chi connectivity index (χ4n) is 1.17. The molecule has 15 heavy (non-hydrogen) atoms. The molecule has 1 N–H and O–H groups in total. The van der Waals surface area contributed by atoms with Crippen LogP contribution in [0, 0.1) is 6.92 Å². The van der Waals surface area contributed by atoms with E-state index in [-0.39, 0.29) is 0 Å². The summed E-state index contributed by atoms with van der Waals surface area (Å²) in [6.45, 7) is 7.87. The minimum absolute atomic E-state index is 0.634. The van der Waals surface area contributed by atoms with Gasteiger partial charge in [0.05, 0.1) is 0 Å². The van der Waals surface area contributed by atoms with Crippen LogP contribution in [0.5, 0.6) is 5.75 Å². The van der Waals surface area contributed by atoms with Crippen molar-refractivity contribution in [1.29, 1.82) is 0 Å². The third kappa shape index (κ3) is 4.36. The number of rotatable bonds is 6. The molecule has 0 aliphatic heterocycles. The number of benzene rings is 1. The number of hydrogen-bond donors (Lipinski definition) is 1. The standard InChI is InChI=1S/C12H16ClNO/c1-3-6-14-7-8-15-12-9-11(13)5-4-10(12)2/h3-5,9,14H,1,6-8H2,2H3. The van der Waals surface area contributed by atoms with E-state index in [0.717, 1.165) is 24.4 Å². The van der Waals surface area contributed by atoms with Gasteiger partial charge in [-0.05, 0) is 24.6 Å². The van der Waals surface area contributed by atoms with E-state index in [0.29, 0.717) is 11.6 Å². The molecule has 0 aliphatic carbocycles. The van der Waals surface area contributed by atoms with Crippen molar-refractivity contribution in [3.8, 4) is 5.75 Å². The maximum atomic E-state index is 5.87. The van der Waals surface area contributed by atoms with Crippen molar-refractivity contribution >= 4 is 11.6 Å². The summed E-state index contributed by atoms with van der Waals surface area (Å²) in [6, 6.07) is 5.65. The van der Waals surface area contributed by atoms with Crippen LogP contribution >= 0.6 is 11.6 Å². The number of ether oxygens (including phenoxy) is 1. The highest BCUT2D eigenvalue weighted by Gasteiger charge is 1.99. The molecule has 3 heteroatoms. The first-order valence-electron chi connectivity index (χ1n) is 4.94. The summed E-state index contributed by atoms with van der Waals surface area (Å²) in [6.07, 6.45) is 1.82. The number of aryl methyl sites for hydroxylation is 1. The molecule has 0 atom stereocenters. The van der Waals surface area contributed by atoms with Crippen LogP contribution in [0.4, 0.5) is 0 Å². The van der Waals surface area contributed by atoms with Gasteiger partial charge in [0.25, 0.3) is 0 Å². The quantitative estimate of drug-likeness (QED) is 0.594. The van der Waals surface area contributed by atoms with Crippen LogP contribution in [-0.4, -0.2) is 19.7 Å². The van der Waals surface area contributed by atoms with Crippen molar-refractivity contribution in [2.75, 3.05) is 19.7 Å². The molecule has 1 rings (SSSR count). The van der Waals surface area contributed by atoms with E-state index in [4.69, 9.17) is 16.3 Å². The maximum Gasteiger partial charge on any atom is 0.123 e. The zero-order valence-corrected chi connectivity index (χ0v) is 9.68. The van der Waals surface area contributed by atoms with Gasteiger partial charge in [-0.25, -0.2) is 0 Å². The Morgan fingerprint density at radius 3 is 3.07 bits per heavy atom. The topological polar surface area (TPSA) is 21.3 Å². The van der Waals surface area contributed by atoms with Crippen molar-refractivity contribution < 1.29 is 4.74 Å². The van der Waals surface area contributed by atoms with Crippen LogP contribution in [0.2, 0.25) is 5.02 Å². The summed E-state index contributed by atoms with van der Waals surface area (Å²) in [5.41, 5.74) is 1.10. The molecule has 0 fully saturated rings. The Morgan fingerprint density at radius 2 is 2.33 bits per heavy atom. The van der Waals surface area contributed by atoms with Crippen LogP contribution in [-0.2, 0) is 0 Å². The fraction of sp³-hybridized carbons (Fsp3) is 0.333. The van der Waals surface area contributed by atoms with Gasteiger partial charge in [0.15, 0.2) is 0 Å². The zero-order valence-electron chi connectivity index (χ0n) is 8.92. The minimum atomic E-state index is 0.634. The third-order valence-corrected chi connectivity index (χ3v) is 2.21. The lowest BCUT2D eigenvalue weighted by molar-refractivity contribution is 0.314. The monoisotopic (exact) mass is 225 g/mol. The summed E-state index contributed by atoms with van der Waals surface area (Å²) < 4.78 is 5.58. The molecule has 82 valence electrons. The summed E-state index contributed by atoms with van der Waals surface area (Å²) in [5.74, 6) is 0.850. The molecular weight excluding hydrogens is 210 g/mol. The Balaban J connectivity index is 2.36. The average molecular weight is 226 g/mol. The van der Waals surface area contributed by atoms with Gasteiger partial charge in [-0.3, -0.25) is 0 Å². The van der Waals surface area contributed by atoms with E-state index in [2.05, 4.69) is 11.9 Å². The van der Waals surface area contributed by atoms with Crippen molar-refractivity contribution in [2.45, 2.75) is 6.92 Å². The Hall–Kier alpha value is -0.990. The van der Waals surface area contributed by atoms with Gasteiger partial charge < -0.3 is 10.1 Å². The van der Waals surface area contributed by atoms with E-state index in [1.54, 1.807) is 0 Å². The van der Waals surface area contributed by atoms with Crippen LogP contribution in [0.1, 0.15) is 5.56 Å². The first-order chi connectivity index (χ1) is 7.24. The first-order valence-corrected chi connectivity index (χ1v) is 5.32. The lowest BCUT2D eigenvalue weighted by Gasteiger charge is -2.09. The van der Waals surface area contributed by atoms with E-state index < -0.39 is 0 Å². The van der Waals surface area contributed by atoms with Crippen molar-refractivity contribution in [2.24, 2.45) is 0 Å². The van der Waals surface area contributed by atoms with Gasteiger partial charge in [0, 0.05) is 18.1 Å². The van der Waals surface area contributed by atoms with Crippen molar-refractivity contribution in [1.82, 2.24) is 5.32 Å². The zero-order chi connectivity index (χ0) is 11.1. The van der Waals surface area contributed by atoms with Crippen LogP contribution in [0.15, 0.2) is 30.9 Å². The molecule has 0 heterocycles. The summed E-state index contributed by atoms with van der Waals surface area (Å²) in [4.78, 5) is 0. The third-order valence-electron chi connectivity index (χ3n) is 1.98. The molecule has 0 radical (unpaired) electrons. The maximum absolute atomic E-state index is 5.87. The second-order valence-electron chi connectivity index (χ2n) is 3.25. The molecule has 0 bridgehead atoms. The van der Waals surface area contributed by atoms with Gasteiger partial charge in [-0.1, -0.05) is 23.7 Å². The molecule has 0 aliphatic rings. The molecule has 1 aromatic carbocycles. The minimum Gasteiger partial charge on any atom is -0.492 e. The van der Waals surface area contributed by atoms with E-state index in [1.807, 2.05) is 31.2 Å². The fourth-order valence-corrected chi connectivity index (χ4v) is 1.33. The highest BCUT2D eigenvalue weighted by molar-refractivity contribution is 6.30. The number of hydrogen-bond acceptors (Lipinski definition) is 2. The smallest absolute Gasteiger partial charge is 0.123 e. The molecule has 0 saturated heterocycles. The largest absolute Gasteiger partial charge is 0.492 e. The summed E-state index contributed by atoms with van der Waals surface area (Å²) in [7, 11) is 0. The lowest BCUT2D eigenvalue weighted by atomic mass is 10.2. The van der Waals surface area contributed by atoms with Gasteiger partial charge in [0.2, 0.25) is 0 Å². The molecular formula is C12H16ClNO. The van der Waals surface area contributed by atoms with E-state index in [1.165, 1.54) is 0 Å². The normalized spacial score (nSPS) is 10.0. The molecule has 0 unspecified atom stereocenters. The lowest BCUT2D eigenvalue weighted by Crippen LogP contribution is -2.20. The van der Waals surface area contributed by atoms with Gasteiger partial charge >= 0.3 is 0 Å². The average Bonchev–Trinajstić information content (AvgIpc) is 2.23. The molecule has 0 aromatic heterocycles. The predicted molar refractivity (Wildman–Crippen MR) is 64.8 cm³/mol. The molecule has 0 saturated carbocycles. The van der Waals surface area contributed by atoms with Crippen molar-refractivity contribution in [3.63, 3.8) is 0 Å². The van der Waals surface area contributed by atoms with E-state index >= 15 is 0 Å². The van der Waals surface area contributed by atoms with Gasteiger partial charge in [0.1, 0.15) is 12.4 Å². The molecule has 1 aromatic rings. The summed E-state index contributed by atoms with van der Waals surface area (Å²) >= 11 is 5.87. The molecule has 2 nitrogen and oxygen atoms in total. The predicted octanol–water partition coefficient (Wildman–Crippen LogP) is 2.80. The molecule has 0 spiro atoms. The van der Waals surface area contributed by atoms with Crippen molar-refractivity contribution in [3.05, 3.63) is 41.4 Å². The van der Waals surface area contributed by atoms with Gasteiger partial charge in [-0.2, -0.15) is 0 Å². The van der Waals surface area contributed by atoms with E-state index in [9.17, 15) is 0 Å². The Bertz CT molecular complexity index is 325. The Morgan fingerprint density at radius 1 is 1.53 bits per heavy atom. The van der Waals surface area contributed by atoms with Gasteiger partial charge in [-0.15, -0.1) is 6.58 Å². The van der Waals surface area contributed by atoms with Crippen LogP contribution < -0.4 is 10.1 Å². The Kier molecular flexibility index (Phi) is 5.22. The van der Waals surface area contributed by atoms with Crippen LogP contribution in [0.3, 0.4) is 0 Å². The number of halogens is 1. The second kappa shape index (κ2) is 6.49. The SMILES string of the molecule is C=CCNCCOc1cc(Cl)ccc1C. The second-order valence-corrected chi connectivity index (χ2v) is 3.69. The highest BCUT2D eigenvalue weighted by atomic mass is 35.5.